The molecular weight excluding hydrogens is 287 g/mol. The molecule has 0 aliphatic rings. The molecule has 0 aromatic heterocycles. The highest BCUT2D eigenvalue weighted by molar-refractivity contribution is 7.95. The minimum atomic E-state index is 0. The molecule has 18 heavy (non-hydrogen) atoms. The largest absolute Gasteiger partial charge is 1.00 e. The Kier molecular flexibility index (Phi) is 5.86. The van der Waals surface area contributed by atoms with Crippen molar-refractivity contribution in [1.29, 1.82) is 0 Å². The van der Waals surface area contributed by atoms with Crippen molar-refractivity contribution in [3.05, 3.63) is 59.1 Å². The fourth-order valence-electron chi connectivity index (χ4n) is 1.59. The minimum absolute atomic E-state index is 0. The molecule has 1 N–H and O–H groups in total. The second-order valence-corrected chi connectivity index (χ2v) is 6.37. The molecule has 0 heterocycles. The van der Waals surface area contributed by atoms with Gasteiger partial charge >= 0.3 is 0 Å². The standard InChI is InChI=1S/C14H13ClOS.ClH/c1-17(14-8-6-13(16)7-9-14)10-11-2-4-12(15)5-3-11;/h2-9H,10H2,1H3;1H. The van der Waals surface area contributed by atoms with E-state index in [1.165, 1.54) is 10.5 Å². The number of phenols is 1. The van der Waals surface area contributed by atoms with E-state index in [1.807, 2.05) is 24.3 Å². The third-order valence-corrected chi connectivity index (χ3v) is 4.63. The Morgan fingerprint density at radius 1 is 1.00 bits per heavy atom. The molecule has 1 atom stereocenters. The van der Waals surface area contributed by atoms with Crippen LogP contribution in [0.3, 0.4) is 0 Å². The van der Waals surface area contributed by atoms with Gasteiger partial charge < -0.3 is 17.5 Å². The number of phenolic OH excluding ortho intramolecular Hbond substituents is 1. The number of rotatable bonds is 3. The lowest BCUT2D eigenvalue weighted by Crippen LogP contribution is -3.00. The van der Waals surface area contributed by atoms with Crippen LogP contribution >= 0.6 is 11.6 Å². The fourth-order valence-corrected chi connectivity index (χ4v) is 3.18. The van der Waals surface area contributed by atoms with Crippen LogP contribution in [-0.4, -0.2) is 11.4 Å². The maximum absolute atomic E-state index is 9.25. The van der Waals surface area contributed by atoms with Crippen molar-refractivity contribution >= 4 is 22.5 Å². The second kappa shape index (κ2) is 6.93. The average Bonchev–Trinajstić information content (AvgIpc) is 2.33. The Morgan fingerprint density at radius 3 is 2.11 bits per heavy atom. The van der Waals surface area contributed by atoms with Gasteiger partial charge in [0.15, 0.2) is 4.90 Å². The first-order chi connectivity index (χ1) is 8.15. The van der Waals surface area contributed by atoms with Gasteiger partial charge in [-0.15, -0.1) is 0 Å². The molecule has 0 fully saturated rings. The maximum atomic E-state index is 9.25. The van der Waals surface area contributed by atoms with Crippen molar-refractivity contribution in [2.45, 2.75) is 10.6 Å². The summed E-state index contributed by atoms with van der Waals surface area (Å²) in [5.74, 6) is 1.32. The van der Waals surface area contributed by atoms with E-state index in [1.54, 1.807) is 12.1 Å². The summed E-state index contributed by atoms with van der Waals surface area (Å²) in [5.41, 5.74) is 1.29. The van der Waals surface area contributed by atoms with Gasteiger partial charge in [0.2, 0.25) is 0 Å². The fraction of sp³-hybridized carbons (Fsp3) is 0.143. The predicted molar refractivity (Wildman–Crippen MR) is 74.8 cm³/mol. The molecule has 1 unspecified atom stereocenters. The van der Waals surface area contributed by atoms with Gasteiger partial charge in [-0.1, -0.05) is 23.7 Å². The van der Waals surface area contributed by atoms with E-state index in [-0.39, 0.29) is 23.3 Å². The zero-order chi connectivity index (χ0) is 12.3. The number of hydrogen-bond donors (Lipinski definition) is 1. The lowest BCUT2D eigenvalue weighted by molar-refractivity contribution is -0.00000448. The normalized spacial score (nSPS) is 11.7. The summed E-state index contributed by atoms with van der Waals surface area (Å²) in [5, 5.41) is 10.0. The summed E-state index contributed by atoms with van der Waals surface area (Å²) in [6.07, 6.45) is 2.21. The van der Waals surface area contributed by atoms with Crippen molar-refractivity contribution in [3.63, 3.8) is 0 Å². The maximum Gasteiger partial charge on any atom is 0.155 e. The summed E-state index contributed by atoms with van der Waals surface area (Å²) < 4.78 is 0. The van der Waals surface area contributed by atoms with E-state index >= 15 is 0 Å². The predicted octanol–water partition coefficient (Wildman–Crippen LogP) is 0.857. The molecule has 96 valence electrons. The highest BCUT2D eigenvalue weighted by Gasteiger charge is 2.15. The first kappa shape index (κ1) is 15.2. The molecule has 0 saturated carbocycles. The van der Waals surface area contributed by atoms with Crippen LogP contribution in [0, 0.1) is 0 Å². The SMILES string of the molecule is C[S+](Cc1ccc(Cl)cc1)c1ccc(O)cc1.[Cl-]. The van der Waals surface area contributed by atoms with Gasteiger partial charge in [-0.2, -0.15) is 0 Å². The summed E-state index contributed by atoms with van der Waals surface area (Å²) in [7, 11) is 0.147. The summed E-state index contributed by atoms with van der Waals surface area (Å²) in [4.78, 5) is 1.26. The van der Waals surface area contributed by atoms with Gasteiger partial charge in [-0.3, -0.25) is 0 Å². The van der Waals surface area contributed by atoms with Crippen LogP contribution in [0.25, 0.3) is 0 Å². The van der Waals surface area contributed by atoms with Crippen molar-refractivity contribution in [2.24, 2.45) is 0 Å². The third-order valence-electron chi connectivity index (χ3n) is 2.54. The Labute approximate surface area is 122 Å². The smallest absolute Gasteiger partial charge is 0.155 e. The first-order valence-electron chi connectivity index (χ1n) is 5.31. The zero-order valence-electron chi connectivity index (χ0n) is 9.94. The van der Waals surface area contributed by atoms with Crippen LogP contribution < -0.4 is 12.4 Å². The molecule has 0 aliphatic heterocycles. The molecule has 2 rings (SSSR count). The number of halogens is 2. The zero-order valence-corrected chi connectivity index (χ0v) is 12.3. The summed E-state index contributed by atoms with van der Waals surface area (Å²) in [6.45, 7) is 0. The number of hydrogen-bond acceptors (Lipinski definition) is 1. The Hall–Kier alpha value is -0.830. The molecule has 1 nitrogen and oxygen atoms in total. The van der Waals surface area contributed by atoms with Gasteiger partial charge in [0.25, 0.3) is 0 Å². The third kappa shape index (κ3) is 4.13. The minimum Gasteiger partial charge on any atom is -1.00 e. The lowest BCUT2D eigenvalue weighted by atomic mass is 10.2. The molecule has 2 aromatic carbocycles. The van der Waals surface area contributed by atoms with Crippen molar-refractivity contribution in [3.8, 4) is 5.75 Å². The topological polar surface area (TPSA) is 20.2 Å². The van der Waals surface area contributed by atoms with Gasteiger partial charge in [0.1, 0.15) is 17.8 Å². The van der Waals surface area contributed by atoms with E-state index in [2.05, 4.69) is 18.4 Å². The van der Waals surface area contributed by atoms with Gasteiger partial charge in [0.05, 0.1) is 0 Å². The highest BCUT2D eigenvalue weighted by atomic mass is 35.5. The lowest BCUT2D eigenvalue weighted by Gasteiger charge is -2.03. The van der Waals surface area contributed by atoms with E-state index < -0.39 is 0 Å². The van der Waals surface area contributed by atoms with Crippen molar-refractivity contribution in [2.75, 3.05) is 6.26 Å². The molecule has 0 saturated heterocycles. The summed E-state index contributed by atoms with van der Waals surface area (Å²) >= 11 is 5.86. The molecule has 0 amide bonds. The van der Waals surface area contributed by atoms with Crippen LogP contribution in [-0.2, 0) is 16.6 Å². The molecule has 0 aliphatic carbocycles. The Bertz CT molecular complexity index is 482. The molecule has 0 spiro atoms. The quantitative estimate of drug-likeness (QED) is 0.834. The first-order valence-corrected chi connectivity index (χ1v) is 7.49. The Morgan fingerprint density at radius 2 is 1.56 bits per heavy atom. The van der Waals surface area contributed by atoms with Gasteiger partial charge in [-0.05, 0) is 36.4 Å². The molecular formula is C14H14Cl2OS. The molecule has 0 bridgehead atoms. The molecule has 4 heteroatoms. The van der Waals surface area contributed by atoms with E-state index in [9.17, 15) is 5.11 Å². The van der Waals surface area contributed by atoms with Crippen LogP contribution in [0.4, 0.5) is 0 Å². The van der Waals surface area contributed by atoms with Crippen LogP contribution in [0.1, 0.15) is 5.56 Å². The van der Waals surface area contributed by atoms with Crippen LogP contribution in [0.2, 0.25) is 5.02 Å². The van der Waals surface area contributed by atoms with Crippen molar-refractivity contribution in [1.82, 2.24) is 0 Å². The highest BCUT2D eigenvalue weighted by Crippen LogP contribution is 2.20. The number of aromatic hydroxyl groups is 1. The monoisotopic (exact) mass is 300 g/mol. The van der Waals surface area contributed by atoms with E-state index in [4.69, 9.17) is 11.6 Å². The second-order valence-electron chi connectivity index (χ2n) is 3.90. The van der Waals surface area contributed by atoms with Gasteiger partial charge in [-0.25, -0.2) is 0 Å². The Balaban J connectivity index is 0.00000162. The van der Waals surface area contributed by atoms with Crippen molar-refractivity contribution < 1.29 is 17.5 Å². The number of benzene rings is 2. The molecule has 2 aromatic rings. The van der Waals surface area contributed by atoms with E-state index in [0.717, 1.165) is 10.8 Å². The average molecular weight is 301 g/mol. The summed E-state index contributed by atoms with van der Waals surface area (Å²) in [6, 6.07) is 15.4. The molecule has 0 radical (unpaired) electrons. The van der Waals surface area contributed by atoms with Gasteiger partial charge in [0, 0.05) is 21.5 Å². The van der Waals surface area contributed by atoms with Crippen LogP contribution in [0.15, 0.2) is 53.4 Å². The van der Waals surface area contributed by atoms with E-state index in [0.29, 0.717) is 5.75 Å². The van der Waals surface area contributed by atoms with Crippen LogP contribution in [0.5, 0.6) is 5.75 Å².